The van der Waals surface area contributed by atoms with E-state index in [1.54, 1.807) is 0 Å². The van der Waals surface area contributed by atoms with Crippen LogP contribution in [0.15, 0.2) is 91.0 Å². The van der Waals surface area contributed by atoms with Crippen LogP contribution in [0, 0.1) is 5.92 Å². The zero-order chi connectivity index (χ0) is 23.6. The largest absolute Gasteiger partial charge is 0.482 e. The molecule has 0 heterocycles. The molecule has 0 bridgehead atoms. The Morgan fingerprint density at radius 3 is 2.38 bits per heavy atom. The number of hydrogen-bond acceptors (Lipinski definition) is 5. The van der Waals surface area contributed by atoms with Gasteiger partial charge in [0.25, 0.3) is 0 Å². The van der Waals surface area contributed by atoms with Gasteiger partial charge in [0, 0.05) is 6.54 Å². The number of hydrogen-bond donors (Lipinski definition) is 1. The van der Waals surface area contributed by atoms with Crippen molar-refractivity contribution < 1.29 is 19.1 Å². The summed E-state index contributed by atoms with van der Waals surface area (Å²) in [5, 5.41) is 0. The second kappa shape index (κ2) is 12.2. The van der Waals surface area contributed by atoms with Gasteiger partial charge in [0.1, 0.15) is 11.9 Å². The van der Waals surface area contributed by atoms with E-state index in [-0.39, 0.29) is 18.7 Å². The molecule has 3 aromatic rings. The number of carbonyl (C=O) groups is 1. The highest BCUT2D eigenvalue weighted by Gasteiger charge is 2.20. The van der Waals surface area contributed by atoms with Crippen molar-refractivity contribution >= 4 is 5.97 Å². The molecule has 176 valence electrons. The number of rotatable bonds is 10. The molecule has 1 aliphatic rings. The highest BCUT2D eigenvalue weighted by molar-refractivity contribution is 5.71. The molecule has 1 unspecified atom stereocenters. The summed E-state index contributed by atoms with van der Waals surface area (Å²) in [5.74, 6) is 0.878. The van der Waals surface area contributed by atoms with Gasteiger partial charge in [0.2, 0.25) is 0 Å². The maximum Gasteiger partial charge on any atom is 0.343 e. The van der Waals surface area contributed by atoms with Gasteiger partial charge in [0.15, 0.2) is 6.61 Å². The number of allylic oxidation sites excluding steroid dienone is 1. The summed E-state index contributed by atoms with van der Waals surface area (Å²) in [6.07, 6.45) is 7.16. The molecule has 0 saturated carbocycles. The topological polar surface area (TPSA) is 56.8 Å². The number of esters is 1. The summed E-state index contributed by atoms with van der Waals surface area (Å²) in [4.78, 5) is 17.5. The van der Waals surface area contributed by atoms with Crippen LogP contribution in [0.1, 0.15) is 34.8 Å². The Kier molecular flexibility index (Phi) is 8.49. The van der Waals surface area contributed by atoms with Gasteiger partial charge >= 0.3 is 5.97 Å². The summed E-state index contributed by atoms with van der Waals surface area (Å²) >= 11 is 0. The van der Waals surface area contributed by atoms with E-state index < -0.39 is 0 Å². The number of hydroxylamine groups is 1. The molecule has 4 rings (SSSR count). The SMILES string of the molecule is COC(=O)COc1cccc2c1CCC(C=CCNOC(c1ccccc1)c1ccccc1)C2. The van der Waals surface area contributed by atoms with Crippen molar-refractivity contribution in [2.75, 3.05) is 20.3 Å². The Bertz CT molecular complexity index is 1040. The molecule has 0 spiro atoms. The Labute approximate surface area is 201 Å². The van der Waals surface area contributed by atoms with Gasteiger partial charge in [-0.15, -0.1) is 0 Å². The fraction of sp³-hybridized carbons (Fsp3) is 0.276. The van der Waals surface area contributed by atoms with Crippen molar-refractivity contribution in [3.63, 3.8) is 0 Å². The fourth-order valence-electron chi connectivity index (χ4n) is 4.32. The van der Waals surface area contributed by atoms with Crippen LogP contribution in [-0.2, 0) is 27.2 Å². The van der Waals surface area contributed by atoms with Crippen molar-refractivity contribution in [1.29, 1.82) is 0 Å². The van der Waals surface area contributed by atoms with E-state index in [2.05, 4.69) is 52.7 Å². The lowest BCUT2D eigenvalue weighted by Gasteiger charge is -2.24. The number of benzene rings is 3. The fourth-order valence-corrected chi connectivity index (χ4v) is 4.32. The predicted molar refractivity (Wildman–Crippen MR) is 132 cm³/mol. The van der Waals surface area contributed by atoms with Crippen LogP contribution < -0.4 is 10.2 Å². The number of fused-ring (bicyclic) bond motifs is 1. The molecule has 5 nitrogen and oxygen atoms in total. The third-order valence-corrected chi connectivity index (χ3v) is 6.07. The first-order chi connectivity index (χ1) is 16.7. The predicted octanol–water partition coefficient (Wildman–Crippen LogP) is 5.21. The third-order valence-electron chi connectivity index (χ3n) is 6.07. The Balaban J connectivity index is 1.30. The van der Waals surface area contributed by atoms with E-state index in [1.165, 1.54) is 18.2 Å². The summed E-state index contributed by atoms with van der Waals surface area (Å²) in [5.41, 5.74) is 7.83. The zero-order valence-corrected chi connectivity index (χ0v) is 19.5. The molecule has 0 saturated heterocycles. The standard InChI is InChI=1S/C29H31NO4/c1-32-28(31)21-33-27-16-8-15-25-20-22(17-18-26(25)27)10-9-19-30-34-29(23-11-4-2-5-12-23)24-13-6-3-7-14-24/h2-16,22,29-30H,17-21H2,1H3. The minimum Gasteiger partial charge on any atom is -0.482 e. The van der Waals surface area contributed by atoms with Gasteiger partial charge < -0.3 is 9.47 Å². The summed E-state index contributed by atoms with van der Waals surface area (Å²) in [6.45, 7) is 0.566. The number of carbonyl (C=O) groups excluding carboxylic acids is 1. The van der Waals surface area contributed by atoms with Crippen molar-refractivity contribution in [2.45, 2.75) is 25.4 Å². The van der Waals surface area contributed by atoms with Crippen LogP contribution >= 0.6 is 0 Å². The number of nitrogens with one attached hydrogen (secondary N) is 1. The zero-order valence-electron chi connectivity index (χ0n) is 19.5. The number of methoxy groups -OCH3 is 1. The van der Waals surface area contributed by atoms with Crippen molar-refractivity contribution in [3.8, 4) is 5.75 Å². The quantitative estimate of drug-likeness (QED) is 0.196. The van der Waals surface area contributed by atoms with Gasteiger partial charge in [-0.05, 0) is 53.5 Å². The molecule has 0 aliphatic heterocycles. The molecular formula is C29H31NO4. The Morgan fingerprint density at radius 1 is 1.00 bits per heavy atom. The van der Waals surface area contributed by atoms with Crippen LogP contribution in [0.4, 0.5) is 0 Å². The molecule has 0 radical (unpaired) electrons. The molecule has 1 atom stereocenters. The smallest absolute Gasteiger partial charge is 0.343 e. The molecule has 0 amide bonds. The molecule has 0 aromatic heterocycles. The highest BCUT2D eigenvalue weighted by Crippen LogP contribution is 2.32. The molecular weight excluding hydrogens is 426 g/mol. The van der Waals surface area contributed by atoms with Crippen LogP contribution in [0.2, 0.25) is 0 Å². The van der Waals surface area contributed by atoms with Gasteiger partial charge in [0.05, 0.1) is 7.11 Å². The first-order valence-electron chi connectivity index (χ1n) is 11.7. The van der Waals surface area contributed by atoms with Crippen LogP contribution in [0.5, 0.6) is 5.75 Å². The third kappa shape index (κ3) is 6.34. The van der Waals surface area contributed by atoms with E-state index in [9.17, 15) is 4.79 Å². The summed E-state index contributed by atoms with van der Waals surface area (Å²) in [6, 6.07) is 26.5. The number of ether oxygens (including phenoxy) is 2. The van der Waals surface area contributed by atoms with Gasteiger partial charge in [-0.25, -0.2) is 4.79 Å². The van der Waals surface area contributed by atoms with Crippen molar-refractivity contribution in [3.05, 3.63) is 113 Å². The average Bonchev–Trinajstić information content (AvgIpc) is 2.90. The lowest BCUT2D eigenvalue weighted by atomic mass is 9.83. The maximum absolute atomic E-state index is 11.4. The average molecular weight is 458 g/mol. The van der Waals surface area contributed by atoms with E-state index in [4.69, 9.17) is 9.57 Å². The molecule has 34 heavy (non-hydrogen) atoms. The molecule has 0 fully saturated rings. The second-order valence-electron chi connectivity index (χ2n) is 8.36. The minimum atomic E-state index is -0.370. The molecule has 5 heteroatoms. The Morgan fingerprint density at radius 2 is 1.71 bits per heavy atom. The maximum atomic E-state index is 11.4. The van der Waals surface area contributed by atoms with Gasteiger partial charge in [-0.1, -0.05) is 84.9 Å². The van der Waals surface area contributed by atoms with E-state index in [0.29, 0.717) is 12.5 Å². The van der Waals surface area contributed by atoms with E-state index in [0.717, 1.165) is 36.1 Å². The van der Waals surface area contributed by atoms with Crippen molar-refractivity contribution in [1.82, 2.24) is 5.48 Å². The summed E-state index contributed by atoms with van der Waals surface area (Å²) < 4.78 is 10.4. The first-order valence-corrected chi connectivity index (χ1v) is 11.7. The van der Waals surface area contributed by atoms with Gasteiger partial charge in [-0.2, -0.15) is 5.48 Å². The molecule has 1 N–H and O–H groups in total. The Hall–Kier alpha value is -3.41. The van der Waals surface area contributed by atoms with E-state index in [1.807, 2.05) is 48.5 Å². The lowest BCUT2D eigenvalue weighted by Crippen LogP contribution is -2.20. The molecule has 3 aromatic carbocycles. The minimum absolute atomic E-state index is 0.0606. The van der Waals surface area contributed by atoms with Gasteiger partial charge in [-0.3, -0.25) is 4.84 Å². The first kappa shape index (κ1) is 23.7. The van der Waals surface area contributed by atoms with Crippen molar-refractivity contribution in [2.24, 2.45) is 5.92 Å². The van der Waals surface area contributed by atoms with Crippen LogP contribution in [0.25, 0.3) is 0 Å². The normalized spacial score (nSPS) is 15.3. The molecule has 1 aliphatic carbocycles. The van der Waals surface area contributed by atoms with Crippen LogP contribution in [0.3, 0.4) is 0 Å². The highest BCUT2D eigenvalue weighted by atomic mass is 16.7. The monoisotopic (exact) mass is 457 g/mol. The van der Waals surface area contributed by atoms with Crippen LogP contribution in [-0.4, -0.2) is 26.2 Å². The van der Waals surface area contributed by atoms with E-state index >= 15 is 0 Å². The lowest BCUT2D eigenvalue weighted by molar-refractivity contribution is -0.142. The second-order valence-corrected chi connectivity index (χ2v) is 8.36. The summed E-state index contributed by atoms with van der Waals surface area (Å²) in [7, 11) is 1.37.